The van der Waals surface area contributed by atoms with Crippen LogP contribution >= 0.6 is 11.6 Å². The Labute approximate surface area is 129 Å². The van der Waals surface area contributed by atoms with Crippen LogP contribution in [0.3, 0.4) is 0 Å². The molecule has 0 aliphatic rings. The van der Waals surface area contributed by atoms with Crippen molar-refractivity contribution >= 4 is 23.2 Å². The minimum Gasteiger partial charge on any atom is -0.363 e. The van der Waals surface area contributed by atoms with Gasteiger partial charge in [-0.25, -0.2) is 15.8 Å². The van der Waals surface area contributed by atoms with Crippen LogP contribution in [0.15, 0.2) is 30.3 Å². The molecule has 2 aromatic rings. The predicted molar refractivity (Wildman–Crippen MR) is 87.4 cm³/mol. The SMILES string of the molecule is CC(C)c1nc(NN)cc(NC(C)c2cccc(Cl)c2)n1. The van der Waals surface area contributed by atoms with E-state index in [0.29, 0.717) is 5.82 Å². The second-order valence-corrected chi connectivity index (χ2v) is 5.65. The Bertz CT molecular complexity index is 615. The van der Waals surface area contributed by atoms with Gasteiger partial charge in [-0.2, -0.15) is 0 Å². The molecule has 0 aliphatic carbocycles. The van der Waals surface area contributed by atoms with Gasteiger partial charge in [0.2, 0.25) is 0 Å². The molecule has 0 fully saturated rings. The lowest BCUT2D eigenvalue weighted by Crippen LogP contribution is -2.14. The van der Waals surface area contributed by atoms with Crippen LogP contribution in [0.4, 0.5) is 11.6 Å². The Balaban J connectivity index is 2.24. The van der Waals surface area contributed by atoms with E-state index in [2.05, 4.69) is 27.6 Å². The number of hydrogen-bond donors (Lipinski definition) is 3. The molecule has 0 saturated carbocycles. The summed E-state index contributed by atoms with van der Waals surface area (Å²) in [5.74, 6) is 7.75. The Morgan fingerprint density at radius 1 is 1.10 bits per heavy atom. The standard InChI is InChI=1S/C15H20ClN5/c1-9(2)15-19-13(8-14(20-15)21-17)18-10(3)11-5-4-6-12(16)7-11/h4-10H,17H2,1-3H3,(H2,18,19,20,21). The summed E-state index contributed by atoms with van der Waals surface area (Å²) >= 11 is 6.03. The van der Waals surface area contributed by atoms with E-state index in [1.54, 1.807) is 6.07 Å². The zero-order valence-electron chi connectivity index (χ0n) is 12.4. The highest BCUT2D eigenvalue weighted by atomic mass is 35.5. The van der Waals surface area contributed by atoms with Crippen LogP contribution in [0, 0.1) is 0 Å². The van der Waals surface area contributed by atoms with Crippen molar-refractivity contribution in [3.63, 3.8) is 0 Å². The zero-order chi connectivity index (χ0) is 15.4. The molecule has 1 atom stereocenters. The number of nitrogens with one attached hydrogen (secondary N) is 2. The van der Waals surface area contributed by atoms with Crippen LogP contribution < -0.4 is 16.6 Å². The molecule has 4 N–H and O–H groups in total. The molecule has 1 aromatic heterocycles. The van der Waals surface area contributed by atoms with E-state index in [-0.39, 0.29) is 12.0 Å². The van der Waals surface area contributed by atoms with E-state index in [4.69, 9.17) is 17.4 Å². The molecule has 5 nitrogen and oxygen atoms in total. The number of nitrogen functional groups attached to an aromatic ring is 1. The van der Waals surface area contributed by atoms with Gasteiger partial charge < -0.3 is 10.7 Å². The smallest absolute Gasteiger partial charge is 0.145 e. The number of halogens is 1. The highest BCUT2D eigenvalue weighted by Gasteiger charge is 2.11. The van der Waals surface area contributed by atoms with Crippen LogP contribution in [-0.2, 0) is 0 Å². The highest BCUT2D eigenvalue weighted by molar-refractivity contribution is 6.30. The van der Waals surface area contributed by atoms with Crippen molar-refractivity contribution in [2.45, 2.75) is 32.7 Å². The predicted octanol–water partition coefficient (Wildman–Crippen LogP) is 3.71. The molecular formula is C15H20ClN5. The molecule has 112 valence electrons. The van der Waals surface area contributed by atoms with Crippen LogP contribution in [0.5, 0.6) is 0 Å². The number of hydrazine groups is 1. The second kappa shape index (κ2) is 6.74. The van der Waals surface area contributed by atoms with Gasteiger partial charge in [0, 0.05) is 23.0 Å². The van der Waals surface area contributed by atoms with Gasteiger partial charge in [0.1, 0.15) is 17.5 Å². The average molecular weight is 306 g/mol. The topological polar surface area (TPSA) is 75.9 Å². The van der Waals surface area contributed by atoms with Gasteiger partial charge in [0.15, 0.2) is 0 Å². The third-order valence-corrected chi connectivity index (χ3v) is 3.36. The maximum atomic E-state index is 6.03. The molecule has 21 heavy (non-hydrogen) atoms. The van der Waals surface area contributed by atoms with Gasteiger partial charge in [-0.3, -0.25) is 0 Å². The lowest BCUT2D eigenvalue weighted by Gasteiger charge is -2.17. The molecule has 1 unspecified atom stereocenters. The number of rotatable bonds is 5. The largest absolute Gasteiger partial charge is 0.363 e. The van der Waals surface area contributed by atoms with E-state index in [9.17, 15) is 0 Å². The summed E-state index contributed by atoms with van der Waals surface area (Å²) < 4.78 is 0. The van der Waals surface area contributed by atoms with Gasteiger partial charge in [-0.15, -0.1) is 0 Å². The third kappa shape index (κ3) is 4.06. The molecule has 0 saturated heterocycles. The van der Waals surface area contributed by atoms with Gasteiger partial charge in [0.25, 0.3) is 0 Å². The fourth-order valence-corrected chi connectivity index (χ4v) is 2.15. The van der Waals surface area contributed by atoms with E-state index < -0.39 is 0 Å². The minimum absolute atomic E-state index is 0.0734. The highest BCUT2D eigenvalue weighted by Crippen LogP contribution is 2.23. The first-order valence-electron chi connectivity index (χ1n) is 6.87. The van der Waals surface area contributed by atoms with E-state index >= 15 is 0 Å². The first kappa shape index (κ1) is 15.5. The van der Waals surface area contributed by atoms with Gasteiger partial charge in [-0.05, 0) is 24.6 Å². The van der Waals surface area contributed by atoms with Crippen molar-refractivity contribution in [2.75, 3.05) is 10.7 Å². The normalized spacial score (nSPS) is 12.3. The van der Waals surface area contributed by atoms with Gasteiger partial charge in [0.05, 0.1) is 0 Å². The maximum Gasteiger partial charge on any atom is 0.145 e. The molecule has 0 aliphatic heterocycles. The zero-order valence-corrected chi connectivity index (χ0v) is 13.1. The van der Waals surface area contributed by atoms with Crippen molar-refractivity contribution in [1.29, 1.82) is 0 Å². The quantitative estimate of drug-likeness (QED) is 0.580. The fourth-order valence-electron chi connectivity index (χ4n) is 1.95. The van der Waals surface area contributed by atoms with Gasteiger partial charge >= 0.3 is 0 Å². The number of nitrogens with two attached hydrogens (primary N) is 1. The summed E-state index contributed by atoms with van der Waals surface area (Å²) in [5.41, 5.74) is 3.66. The number of anilines is 2. The summed E-state index contributed by atoms with van der Waals surface area (Å²) in [6.07, 6.45) is 0. The molecule has 6 heteroatoms. The van der Waals surface area contributed by atoms with Crippen molar-refractivity contribution in [2.24, 2.45) is 5.84 Å². The molecule has 1 heterocycles. The van der Waals surface area contributed by atoms with E-state index in [1.165, 1.54) is 0 Å². The summed E-state index contributed by atoms with van der Waals surface area (Å²) in [5, 5.41) is 4.07. The first-order valence-corrected chi connectivity index (χ1v) is 7.25. The summed E-state index contributed by atoms with van der Waals surface area (Å²) in [6.45, 7) is 6.14. The fraction of sp³-hybridized carbons (Fsp3) is 0.333. The monoisotopic (exact) mass is 305 g/mol. The maximum absolute atomic E-state index is 6.03. The Hall–Kier alpha value is -1.85. The molecule has 0 spiro atoms. The third-order valence-electron chi connectivity index (χ3n) is 3.12. The molecule has 0 amide bonds. The molecular weight excluding hydrogens is 286 g/mol. The van der Waals surface area contributed by atoms with Crippen LogP contribution in [0.25, 0.3) is 0 Å². The molecule has 0 bridgehead atoms. The van der Waals surface area contributed by atoms with E-state index in [0.717, 1.165) is 22.2 Å². The average Bonchev–Trinajstić information content (AvgIpc) is 2.46. The van der Waals surface area contributed by atoms with Crippen molar-refractivity contribution in [3.8, 4) is 0 Å². The molecule has 2 rings (SSSR count). The number of benzene rings is 1. The Kier molecular flexibility index (Phi) is 4.98. The molecule has 0 radical (unpaired) electrons. The molecule has 1 aromatic carbocycles. The van der Waals surface area contributed by atoms with Crippen LogP contribution in [0.1, 0.15) is 44.1 Å². The Morgan fingerprint density at radius 3 is 2.43 bits per heavy atom. The summed E-state index contributed by atoms with van der Waals surface area (Å²) in [4.78, 5) is 8.86. The summed E-state index contributed by atoms with van der Waals surface area (Å²) in [6, 6.07) is 9.61. The first-order chi connectivity index (χ1) is 9.99. The van der Waals surface area contributed by atoms with Crippen molar-refractivity contribution < 1.29 is 0 Å². The van der Waals surface area contributed by atoms with Crippen molar-refractivity contribution in [3.05, 3.63) is 46.7 Å². The second-order valence-electron chi connectivity index (χ2n) is 5.22. The van der Waals surface area contributed by atoms with E-state index in [1.807, 2.05) is 38.1 Å². The van der Waals surface area contributed by atoms with Crippen molar-refractivity contribution in [1.82, 2.24) is 9.97 Å². The van der Waals surface area contributed by atoms with Crippen LogP contribution in [-0.4, -0.2) is 9.97 Å². The summed E-state index contributed by atoms with van der Waals surface area (Å²) in [7, 11) is 0. The number of hydrogen-bond acceptors (Lipinski definition) is 5. The van der Waals surface area contributed by atoms with Crippen LogP contribution in [0.2, 0.25) is 5.02 Å². The number of aromatic nitrogens is 2. The number of nitrogens with zero attached hydrogens (tertiary/aromatic N) is 2. The van der Waals surface area contributed by atoms with Gasteiger partial charge in [-0.1, -0.05) is 37.6 Å². The lowest BCUT2D eigenvalue weighted by atomic mass is 10.1. The lowest BCUT2D eigenvalue weighted by molar-refractivity contribution is 0.769. The minimum atomic E-state index is 0.0734. The Morgan fingerprint density at radius 2 is 1.81 bits per heavy atom.